The first-order valence-corrected chi connectivity index (χ1v) is 11.2. The Morgan fingerprint density at radius 3 is 2.32 bits per heavy atom. The maximum atomic E-state index is 12.5. The molecule has 6 nitrogen and oxygen atoms in total. The van der Waals surface area contributed by atoms with E-state index in [0.717, 1.165) is 34.7 Å². The van der Waals surface area contributed by atoms with E-state index in [1.807, 2.05) is 31.2 Å². The summed E-state index contributed by atoms with van der Waals surface area (Å²) >= 11 is 0. The van der Waals surface area contributed by atoms with Crippen molar-refractivity contribution in [1.82, 2.24) is 5.32 Å². The third-order valence-corrected chi connectivity index (χ3v) is 5.52. The van der Waals surface area contributed by atoms with Crippen LogP contribution in [0.1, 0.15) is 25.8 Å². The highest BCUT2D eigenvalue weighted by atomic mass is 32.2. The summed E-state index contributed by atoms with van der Waals surface area (Å²) < 4.78 is 31.0. The summed E-state index contributed by atoms with van der Waals surface area (Å²) in [6, 6.07) is 15.7. The van der Waals surface area contributed by atoms with Crippen LogP contribution in [0.5, 0.6) is 5.75 Å². The number of amides is 1. The lowest BCUT2D eigenvalue weighted by Gasteiger charge is -2.28. The largest absolute Gasteiger partial charge is 0.494 e. The second-order valence-corrected chi connectivity index (χ2v) is 8.40. The van der Waals surface area contributed by atoms with Crippen molar-refractivity contribution in [1.29, 1.82) is 0 Å². The zero-order valence-electron chi connectivity index (χ0n) is 16.6. The first kappa shape index (κ1) is 21.8. The van der Waals surface area contributed by atoms with Crippen LogP contribution in [-0.2, 0) is 21.2 Å². The molecule has 2 aromatic rings. The molecule has 1 atom stereocenters. The highest BCUT2D eigenvalue weighted by Crippen LogP contribution is 2.20. The predicted molar refractivity (Wildman–Crippen MR) is 112 cm³/mol. The molecule has 1 amide bonds. The molecule has 152 valence electrons. The number of rotatable bonds is 10. The molecule has 28 heavy (non-hydrogen) atoms. The van der Waals surface area contributed by atoms with E-state index in [9.17, 15) is 13.2 Å². The van der Waals surface area contributed by atoms with Gasteiger partial charge in [-0.3, -0.25) is 9.10 Å². The van der Waals surface area contributed by atoms with E-state index in [0.29, 0.717) is 18.8 Å². The van der Waals surface area contributed by atoms with Crippen molar-refractivity contribution in [2.75, 3.05) is 23.7 Å². The van der Waals surface area contributed by atoms with Crippen LogP contribution >= 0.6 is 0 Å². The third kappa shape index (κ3) is 6.27. The molecule has 0 aliphatic rings. The van der Waals surface area contributed by atoms with E-state index in [-0.39, 0.29) is 5.91 Å². The first-order chi connectivity index (χ1) is 13.3. The van der Waals surface area contributed by atoms with Crippen LogP contribution in [0.25, 0.3) is 0 Å². The number of para-hydroxylation sites is 1. The average molecular weight is 405 g/mol. The van der Waals surface area contributed by atoms with Crippen LogP contribution < -0.4 is 14.4 Å². The van der Waals surface area contributed by atoms with Crippen LogP contribution in [0.4, 0.5) is 5.69 Å². The van der Waals surface area contributed by atoms with Gasteiger partial charge in [0.25, 0.3) is 0 Å². The number of hydrogen-bond acceptors (Lipinski definition) is 4. The average Bonchev–Trinajstić information content (AvgIpc) is 2.66. The monoisotopic (exact) mass is 404 g/mol. The SMILES string of the molecule is CCOc1ccc(CCCNC(=O)[C@H](C)N(c2ccccc2)S(C)(=O)=O)cc1. The molecule has 0 radical (unpaired) electrons. The molecule has 7 heteroatoms. The normalized spacial score (nSPS) is 12.2. The van der Waals surface area contributed by atoms with Gasteiger partial charge in [-0.1, -0.05) is 30.3 Å². The Balaban J connectivity index is 1.89. The molecule has 0 aliphatic heterocycles. The number of anilines is 1. The van der Waals surface area contributed by atoms with E-state index < -0.39 is 16.1 Å². The van der Waals surface area contributed by atoms with Gasteiger partial charge in [0.15, 0.2) is 0 Å². The molecular weight excluding hydrogens is 376 g/mol. The van der Waals surface area contributed by atoms with Gasteiger partial charge in [0.2, 0.25) is 15.9 Å². The van der Waals surface area contributed by atoms with E-state index in [2.05, 4.69) is 5.32 Å². The summed E-state index contributed by atoms with van der Waals surface area (Å²) in [5, 5.41) is 2.84. The molecule has 1 N–H and O–H groups in total. The Kier molecular flexibility index (Phi) is 7.87. The molecule has 0 saturated heterocycles. The van der Waals surface area contributed by atoms with Crippen molar-refractivity contribution < 1.29 is 17.9 Å². The highest BCUT2D eigenvalue weighted by Gasteiger charge is 2.28. The molecular formula is C21H28N2O4S. The minimum absolute atomic E-state index is 0.319. The number of carbonyl (C=O) groups excluding carboxylic acids is 1. The fourth-order valence-corrected chi connectivity index (χ4v) is 4.13. The number of sulfonamides is 1. The first-order valence-electron chi connectivity index (χ1n) is 9.37. The highest BCUT2D eigenvalue weighted by molar-refractivity contribution is 7.92. The smallest absolute Gasteiger partial charge is 0.243 e. The summed E-state index contributed by atoms with van der Waals surface area (Å²) in [7, 11) is -3.58. The molecule has 0 aromatic heterocycles. The molecule has 0 heterocycles. The second-order valence-electron chi connectivity index (χ2n) is 6.54. The third-order valence-electron chi connectivity index (χ3n) is 4.27. The van der Waals surface area contributed by atoms with Gasteiger partial charge in [-0.05, 0) is 56.5 Å². The molecule has 0 unspecified atom stereocenters. The Bertz CT molecular complexity index is 852. The zero-order valence-corrected chi connectivity index (χ0v) is 17.4. The molecule has 0 bridgehead atoms. The van der Waals surface area contributed by atoms with Crippen molar-refractivity contribution in [3.63, 3.8) is 0 Å². The Labute approximate surface area is 167 Å². The lowest BCUT2D eigenvalue weighted by Crippen LogP contribution is -2.48. The van der Waals surface area contributed by atoms with E-state index in [1.54, 1.807) is 37.3 Å². The predicted octanol–water partition coefficient (Wildman–Crippen LogP) is 2.99. The molecule has 2 aromatic carbocycles. The van der Waals surface area contributed by atoms with E-state index in [4.69, 9.17) is 4.74 Å². The minimum atomic E-state index is -3.58. The standard InChI is InChI=1S/C21H28N2O4S/c1-4-27-20-14-12-18(13-15-20)9-8-16-22-21(24)17(2)23(28(3,25)26)19-10-6-5-7-11-19/h5-7,10-15,17H,4,8-9,16H2,1-3H3,(H,22,24)/t17-/m0/s1. The quantitative estimate of drug-likeness (QED) is 0.618. The fraction of sp³-hybridized carbons (Fsp3) is 0.381. The Morgan fingerprint density at radius 1 is 1.11 bits per heavy atom. The van der Waals surface area contributed by atoms with Crippen molar-refractivity contribution in [2.45, 2.75) is 32.7 Å². The summed E-state index contributed by atoms with van der Waals surface area (Å²) in [5.74, 6) is 0.524. The molecule has 0 aliphatic carbocycles. The number of benzene rings is 2. The summed E-state index contributed by atoms with van der Waals surface area (Å²) in [5.41, 5.74) is 1.63. The maximum absolute atomic E-state index is 12.5. The van der Waals surface area contributed by atoms with E-state index in [1.165, 1.54) is 0 Å². The van der Waals surface area contributed by atoms with Crippen LogP contribution in [0, 0.1) is 0 Å². The van der Waals surface area contributed by atoms with Crippen LogP contribution in [0.2, 0.25) is 0 Å². The Hall–Kier alpha value is -2.54. The number of aryl methyl sites for hydroxylation is 1. The molecule has 0 saturated carbocycles. The van der Waals surface area contributed by atoms with Gasteiger partial charge < -0.3 is 10.1 Å². The van der Waals surface area contributed by atoms with Gasteiger partial charge in [0.05, 0.1) is 18.6 Å². The number of carbonyl (C=O) groups is 1. The number of hydrogen-bond donors (Lipinski definition) is 1. The summed E-state index contributed by atoms with van der Waals surface area (Å²) in [4.78, 5) is 12.5. The maximum Gasteiger partial charge on any atom is 0.243 e. The van der Waals surface area contributed by atoms with Gasteiger partial charge in [0, 0.05) is 6.54 Å². The molecule has 0 fully saturated rings. The number of nitrogens with one attached hydrogen (secondary N) is 1. The summed E-state index contributed by atoms with van der Waals surface area (Å²) in [6.45, 7) is 4.65. The number of nitrogens with zero attached hydrogens (tertiary/aromatic N) is 1. The van der Waals surface area contributed by atoms with E-state index >= 15 is 0 Å². The van der Waals surface area contributed by atoms with Crippen molar-refractivity contribution >= 4 is 21.6 Å². The van der Waals surface area contributed by atoms with Gasteiger partial charge in [-0.25, -0.2) is 8.42 Å². The van der Waals surface area contributed by atoms with Crippen LogP contribution in [0.15, 0.2) is 54.6 Å². The van der Waals surface area contributed by atoms with Crippen molar-refractivity contribution in [3.05, 3.63) is 60.2 Å². The second kappa shape index (κ2) is 10.1. The van der Waals surface area contributed by atoms with Crippen molar-refractivity contribution in [2.24, 2.45) is 0 Å². The fourth-order valence-electron chi connectivity index (χ4n) is 2.95. The summed E-state index contributed by atoms with van der Waals surface area (Å²) in [6.07, 6.45) is 2.68. The molecule has 2 rings (SSSR count). The Morgan fingerprint density at radius 2 is 1.75 bits per heavy atom. The lowest BCUT2D eigenvalue weighted by molar-refractivity contribution is -0.121. The van der Waals surface area contributed by atoms with Crippen LogP contribution in [-0.4, -0.2) is 39.8 Å². The number of ether oxygens (including phenoxy) is 1. The zero-order chi connectivity index (χ0) is 20.6. The van der Waals surface area contributed by atoms with Crippen LogP contribution in [0.3, 0.4) is 0 Å². The molecule has 0 spiro atoms. The van der Waals surface area contributed by atoms with Gasteiger partial charge >= 0.3 is 0 Å². The van der Waals surface area contributed by atoms with Gasteiger partial charge in [-0.2, -0.15) is 0 Å². The minimum Gasteiger partial charge on any atom is -0.494 e. The van der Waals surface area contributed by atoms with Crippen molar-refractivity contribution in [3.8, 4) is 5.75 Å². The van der Waals surface area contributed by atoms with Gasteiger partial charge in [0.1, 0.15) is 11.8 Å². The van der Waals surface area contributed by atoms with Gasteiger partial charge in [-0.15, -0.1) is 0 Å². The topological polar surface area (TPSA) is 75.7 Å². The lowest BCUT2D eigenvalue weighted by atomic mass is 10.1.